The molecule has 4 atom stereocenters. The number of hydrogen-bond donors (Lipinski definition) is 0. The molecule has 4 unspecified atom stereocenters. The fourth-order valence-electron chi connectivity index (χ4n) is 5.10. The van der Waals surface area contributed by atoms with Crippen molar-refractivity contribution in [1.82, 2.24) is 0 Å². The molecular formula is C21H38O3Si. The summed E-state index contributed by atoms with van der Waals surface area (Å²) >= 11 is 0. The van der Waals surface area contributed by atoms with Gasteiger partial charge < -0.3 is 13.3 Å². The third-order valence-electron chi connectivity index (χ3n) is 6.69. The van der Waals surface area contributed by atoms with Crippen molar-refractivity contribution in [2.45, 2.75) is 83.6 Å². The van der Waals surface area contributed by atoms with Crippen molar-refractivity contribution in [3.8, 4) is 0 Å². The van der Waals surface area contributed by atoms with E-state index in [1.165, 1.54) is 19.3 Å². The van der Waals surface area contributed by atoms with Gasteiger partial charge in [-0.1, -0.05) is 52.2 Å². The smallest absolute Gasteiger partial charge is 0.373 e. The molecule has 2 saturated carbocycles. The largest absolute Gasteiger partial charge is 0.511 e. The van der Waals surface area contributed by atoms with Gasteiger partial charge in [0.15, 0.2) is 0 Å². The second-order valence-corrected chi connectivity index (χ2v) is 11.2. The van der Waals surface area contributed by atoms with E-state index in [0.29, 0.717) is 0 Å². The van der Waals surface area contributed by atoms with E-state index in [2.05, 4.69) is 32.9 Å². The van der Waals surface area contributed by atoms with Crippen molar-refractivity contribution in [3.05, 3.63) is 12.2 Å². The normalized spacial score (nSPS) is 32.8. The van der Waals surface area contributed by atoms with Gasteiger partial charge in [-0.25, -0.2) is 0 Å². The predicted molar refractivity (Wildman–Crippen MR) is 104 cm³/mol. The molecule has 0 radical (unpaired) electrons. The van der Waals surface area contributed by atoms with E-state index >= 15 is 0 Å². The first-order valence-corrected chi connectivity index (χ1v) is 12.6. The van der Waals surface area contributed by atoms with Gasteiger partial charge in [-0.2, -0.15) is 0 Å². The van der Waals surface area contributed by atoms with E-state index in [-0.39, 0.29) is 5.04 Å². The fraction of sp³-hybridized carbons (Fsp3) is 0.905. The van der Waals surface area contributed by atoms with Crippen LogP contribution in [0.25, 0.3) is 0 Å². The zero-order chi connectivity index (χ0) is 17.8. The molecular weight excluding hydrogens is 328 g/mol. The SMILES string of the molecule is CCCCO[Si](OCCCC)(OCCCC)C12C=CC(C1)C1CCC12. The van der Waals surface area contributed by atoms with Crippen LogP contribution in [0, 0.1) is 17.8 Å². The number of allylic oxidation sites excluding steroid dienone is 2. The van der Waals surface area contributed by atoms with Gasteiger partial charge in [0.2, 0.25) is 0 Å². The minimum atomic E-state index is -2.72. The lowest BCUT2D eigenvalue weighted by molar-refractivity contribution is 0.0188. The molecule has 2 fully saturated rings. The summed E-state index contributed by atoms with van der Waals surface area (Å²) in [6.45, 7) is 9.05. The van der Waals surface area contributed by atoms with Crippen molar-refractivity contribution < 1.29 is 13.3 Å². The van der Waals surface area contributed by atoms with Crippen molar-refractivity contribution >= 4 is 8.80 Å². The van der Waals surface area contributed by atoms with Gasteiger partial charge in [-0.3, -0.25) is 0 Å². The third-order valence-corrected chi connectivity index (χ3v) is 10.3. The summed E-state index contributed by atoms with van der Waals surface area (Å²) in [6.07, 6.45) is 15.7. The molecule has 0 aromatic rings. The third kappa shape index (κ3) is 3.52. The molecule has 3 aliphatic carbocycles. The van der Waals surface area contributed by atoms with E-state index in [1.54, 1.807) is 0 Å². The van der Waals surface area contributed by atoms with Crippen LogP contribution in [0.5, 0.6) is 0 Å². The molecule has 0 aromatic heterocycles. The Balaban J connectivity index is 1.83. The Hall–Kier alpha value is -0.163. The zero-order valence-electron chi connectivity index (χ0n) is 16.6. The molecule has 0 amide bonds. The summed E-state index contributed by atoms with van der Waals surface area (Å²) in [4.78, 5) is 0. The van der Waals surface area contributed by atoms with Crippen LogP contribution in [0.15, 0.2) is 12.2 Å². The maximum atomic E-state index is 6.66. The molecule has 0 N–H and O–H groups in total. The van der Waals surface area contributed by atoms with Crippen LogP contribution in [0.2, 0.25) is 5.04 Å². The van der Waals surface area contributed by atoms with E-state index < -0.39 is 8.80 Å². The molecule has 0 aromatic carbocycles. The highest BCUT2D eigenvalue weighted by Gasteiger charge is 2.72. The lowest BCUT2D eigenvalue weighted by atomic mass is 9.67. The molecule has 3 nitrogen and oxygen atoms in total. The maximum absolute atomic E-state index is 6.66. The van der Waals surface area contributed by atoms with Crippen molar-refractivity contribution in [1.29, 1.82) is 0 Å². The average molecular weight is 367 g/mol. The van der Waals surface area contributed by atoms with Gasteiger partial charge in [0.1, 0.15) is 0 Å². The molecule has 4 heteroatoms. The van der Waals surface area contributed by atoms with Crippen molar-refractivity contribution in [2.24, 2.45) is 17.8 Å². The van der Waals surface area contributed by atoms with Gasteiger partial charge >= 0.3 is 8.80 Å². The van der Waals surface area contributed by atoms with Crippen LogP contribution in [0.4, 0.5) is 0 Å². The van der Waals surface area contributed by atoms with Crippen LogP contribution in [-0.4, -0.2) is 28.6 Å². The molecule has 3 aliphatic rings. The molecule has 0 heterocycles. The predicted octanol–water partition coefficient (Wildman–Crippen LogP) is 5.73. The van der Waals surface area contributed by atoms with Crippen LogP contribution >= 0.6 is 0 Å². The summed E-state index contributed by atoms with van der Waals surface area (Å²) < 4.78 is 20.0. The Kier molecular flexibility index (Phi) is 6.81. The molecule has 0 spiro atoms. The Bertz CT molecular complexity index is 426. The van der Waals surface area contributed by atoms with Crippen LogP contribution < -0.4 is 0 Å². The van der Waals surface area contributed by atoms with E-state index in [9.17, 15) is 0 Å². The van der Waals surface area contributed by atoms with E-state index in [0.717, 1.165) is 76.1 Å². The van der Waals surface area contributed by atoms with Gasteiger partial charge in [0.25, 0.3) is 0 Å². The topological polar surface area (TPSA) is 27.7 Å². The first-order valence-electron chi connectivity index (χ1n) is 10.8. The number of rotatable bonds is 13. The number of hydrogen-bond acceptors (Lipinski definition) is 3. The lowest BCUT2D eigenvalue weighted by Crippen LogP contribution is -2.59. The first-order chi connectivity index (χ1) is 12.2. The number of fused-ring (bicyclic) bond motifs is 5. The summed E-state index contributed by atoms with van der Waals surface area (Å²) in [5.41, 5.74) is 0. The Morgan fingerprint density at radius 3 is 1.84 bits per heavy atom. The fourth-order valence-corrected chi connectivity index (χ4v) is 9.00. The van der Waals surface area contributed by atoms with Gasteiger partial charge in [0, 0.05) is 19.8 Å². The molecule has 144 valence electrons. The highest BCUT2D eigenvalue weighted by molar-refractivity contribution is 6.65. The minimum Gasteiger partial charge on any atom is -0.373 e. The second-order valence-electron chi connectivity index (χ2n) is 8.28. The zero-order valence-corrected chi connectivity index (χ0v) is 17.6. The maximum Gasteiger partial charge on any atom is 0.511 e. The summed E-state index contributed by atoms with van der Waals surface area (Å²) in [5, 5.41) is 0.0792. The average Bonchev–Trinajstić information content (AvgIpc) is 3.07. The summed E-state index contributed by atoms with van der Waals surface area (Å²) in [7, 11) is -2.72. The van der Waals surface area contributed by atoms with Crippen LogP contribution in [0.1, 0.15) is 78.6 Å². The molecule has 2 bridgehead atoms. The monoisotopic (exact) mass is 366 g/mol. The minimum absolute atomic E-state index is 0.0792. The molecule has 0 saturated heterocycles. The Labute approximate surface area is 155 Å². The van der Waals surface area contributed by atoms with Crippen LogP contribution in [0.3, 0.4) is 0 Å². The Morgan fingerprint density at radius 2 is 1.44 bits per heavy atom. The summed E-state index contributed by atoms with van der Waals surface area (Å²) in [5.74, 6) is 2.38. The molecule has 0 aliphatic heterocycles. The number of unbranched alkanes of at least 4 members (excludes halogenated alkanes) is 3. The standard InChI is InChI=1S/C21H38O3Si/c1-4-7-14-22-25(23-15-8-5-2,24-16-9-6-3)21-13-12-18(17-21)19-10-11-20(19)21/h12-13,18-20H,4-11,14-17H2,1-3H3. The lowest BCUT2D eigenvalue weighted by Gasteiger charge is -2.50. The van der Waals surface area contributed by atoms with Crippen molar-refractivity contribution in [3.63, 3.8) is 0 Å². The van der Waals surface area contributed by atoms with Crippen molar-refractivity contribution in [2.75, 3.05) is 19.8 Å². The van der Waals surface area contributed by atoms with Gasteiger partial charge in [-0.05, 0) is 56.3 Å². The second kappa shape index (κ2) is 8.68. The van der Waals surface area contributed by atoms with E-state index in [4.69, 9.17) is 13.3 Å². The highest BCUT2D eigenvalue weighted by Crippen LogP contribution is 2.72. The molecule has 3 rings (SSSR count). The molecule has 25 heavy (non-hydrogen) atoms. The Morgan fingerprint density at radius 1 is 0.880 bits per heavy atom. The van der Waals surface area contributed by atoms with Gasteiger partial charge in [0.05, 0.1) is 5.04 Å². The van der Waals surface area contributed by atoms with E-state index in [1.807, 2.05) is 0 Å². The highest BCUT2D eigenvalue weighted by atomic mass is 28.4. The first kappa shape index (κ1) is 19.6. The quantitative estimate of drug-likeness (QED) is 0.237. The summed E-state index contributed by atoms with van der Waals surface area (Å²) in [6, 6.07) is 0. The van der Waals surface area contributed by atoms with Gasteiger partial charge in [-0.15, -0.1) is 0 Å². The van der Waals surface area contributed by atoms with Crippen LogP contribution in [-0.2, 0) is 13.3 Å².